The predicted molar refractivity (Wildman–Crippen MR) is 71.8 cm³/mol. The Morgan fingerprint density at radius 3 is 2.74 bits per heavy atom. The number of hydrogen-bond acceptors (Lipinski definition) is 4. The van der Waals surface area contributed by atoms with Crippen molar-refractivity contribution in [2.45, 2.75) is 17.4 Å². The lowest BCUT2D eigenvalue weighted by atomic mass is 10.1. The summed E-state index contributed by atoms with van der Waals surface area (Å²) in [6.45, 7) is 0. The number of carboxylic acid groups (broad SMARTS) is 1. The molecule has 1 heterocycles. The number of thioether (sulfide) groups is 1. The SMILES string of the molecule is O=C(CSc1ccncc1)NC1C=CC(C(=O)O)C1. The first-order chi connectivity index (χ1) is 9.15. The zero-order valence-electron chi connectivity index (χ0n) is 10.2. The van der Waals surface area contributed by atoms with Crippen molar-refractivity contribution in [2.24, 2.45) is 5.92 Å². The third-order valence-corrected chi connectivity index (χ3v) is 3.78. The van der Waals surface area contributed by atoms with Gasteiger partial charge in [0.2, 0.25) is 5.91 Å². The molecule has 0 bridgehead atoms. The second-order valence-corrected chi connectivity index (χ2v) is 5.26. The highest BCUT2D eigenvalue weighted by Gasteiger charge is 2.25. The van der Waals surface area contributed by atoms with Crippen LogP contribution in [0.2, 0.25) is 0 Å². The van der Waals surface area contributed by atoms with Crippen molar-refractivity contribution in [2.75, 3.05) is 5.75 Å². The molecule has 2 rings (SSSR count). The van der Waals surface area contributed by atoms with Gasteiger partial charge in [-0.05, 0) is 18.6 Å². The van der Waals surface area contributed by atoms with Crippen molar-refractivity contribution < 1.29 is 14.7 Å². The molecule has 0 fully saturated rings. The summed E-state index contributed by atoms with van der Waals surface area (Å²) in [6, 6.07) is 3.51. The summed E-state index contributed by atoms with van der Waals surface area (Å²) < 4.78 is 0. The van der Waals surface area contributed by atoms with Crippen LogP contribution in [0, 0.1) is 5.92 Å². The van der Waals surface area contributed by atoms with Crippen molar-refractivity contribution in [3.05, 3.63) is 36.7 Å². The van der Waals surface area contributed by atoms with Crippen LogP contribution in [0.1, 0.15) is 6.42 Å². The van der Waals surface area contributed by atoms with Crippen LogP contribution in [0.25, 0.3) is 0 Å². The van der Waals surface area contributed by atoms with E-state index >= 15 is 0 Å². The predicted octanol–water partition coefficient (Wildman–Crippen LogP) is 1.32. The molecule has 1 amide bonds. The van der Waals surface area contributed by atoms with Crippen molar-refractivity contribution in [3.63, 3.8) is 0 Å². The summed E-state index contributed by atoms with van der Waals surface area (Å²) in [5.41, 5.74) is 0. The maximum absolute atomic E-state index is 11.7. The molecular formula is C13H14N2O3S. The lowest BCUT2D eigenvalue weighted by Gasteiger charge is -2.11. The van der Waals surface area contributed by atoms with E-state index in [0.29, 0.717) is 12.2 Å². The summed E-state index contributed by atoms with van der Waals surface area (Å²) >= 11 is 1.43. The van der Waals surface area contributed by atoms with Gasteiger partial charge in [-0.25, -0.2) is 0 Å². The van der Waals surface area contributed by atoms with Gasteiger partial charge in [0.1, 0.15) is 0 Å². The van der Waals surface area contributed by atoms with E-state index in [1.807, 2.05) is 12.1 Å². The standard InChI is InChI=1S/C13H14N2O3S/c16-12(8-19-11-3-5-14-6-4-11)15-10-2-1-9(7-10)13(17)18/h1-6,9-10H,7-8H2,(H,15,16)(H,17,18). The lowest BCUT2D eigenvalue weighted by Crippen LogP contribution is -2.34. The van der Waals surface area contributed by atoms with E-state index in [1.54, 1.807) is 24.5 Å². The van der Waals surface area contributed by atoms with Crippen LogP contribution < -0.4 is 5.32 Å². The van der Waals surface area contributed by atoms with E-state index in [4.69, 9.17) is 5.11 Å². The van der Waals surface area contributed by atoms with E-state index in [9.17, 15) is 9.59 Å². The molecule has 0 saturated carbocycles. The summed E-state index contributed by atoms with van der Waals surface area (Å²) in [5.74, 6) is -1.12. The highest BCUT2D eigenvalue weighted by Crippen LogP contribution is 2.19. The Bertz CT molecular complexity index is 490. The van der Waals surface area contributed by atoms with E-state index in [-0.39, 0.29) is 11.9 Å². The quantitative estimate of drug-likeness (QED) is 0.627. The maximum Gasteiger partial charge on any atom is 0.310 e. The normalized spacial score (nSPS) is 21.3. The highest BCUT2D eigenvalue weighted by atomic mass is 32.2. The molecule has 0 aromatic carbocycles. The molecule has 0 saturated heterocycles. The van der Waals surface area contributed by atoms with E-state index < -0.39 is 11.9 Å². The Morgan fingerprint density at radius 1 is 1.37 bits per heavy atom. The molecule has 1 aromatic rings. The Kier molecular flexibility index (Phi) is 4.57. The first-order valence-corrected chi connectivity index (χ1v) is 6.87. The third kappa shape index (κ3) is 4.10. The summed E-state index contributed by atoms with van der Waals surface area (Å²) in [7, 11) is 0. The number of rotatable bonds is 5. The van der Waals surface area contributed by atoms with Crippen LogP contribution in [-0.2, 0) is 9.59 Å². The number of nitrogens with zero attached hydrogens (tertiary/aromatic N) is 1. The van der Waals surface area contributed by atoms with Gasteiger partial charge in [-0.15, -0.1) is 11.8 Å². The van der Waals surface area contributed by atoms with Gasteiger partial charge in [0.05, 0.1) is 11.7 Å². The minimum Gasteiger partial charge on any atom is -0.481 e. The van der Waals surface area contributed by atoms with Crippen LogP contribution in [0.5, 0.6) is 0 Å². The third-order valence-electron chi connectivity index (χ3n) is 2.77. The van der Waals surface area contributed by atoms with Crippen LogP contribution in [-0.4, -0.2) is 33.8 Å². The summed E-state index contributed by atoms with van der Waals surface area (Å²) in [4.78, 5) is 27.4. The minimum atomic E-state index is -0.848. The fourth-order valence-electron chi connectivity index (χ4n) is 1.82. The van der Waals surface area contributed by atoms with Crippen LogP contribution >= 0.6 is 11.8 Å². The molecule has 2 atom stereocenters. The summed E-state index contributed by atoms with van der Waals surface area (Å²) in [6.07, 6.45) is 7.16. The molecule has 2 N–H and O–H groups in total. The maximum atomic E-state index is 11.7. The van der Waals surface area contributed by atoms with E-state index in [2.05, 4.69) is 10.3 Å². The van der Waals surface area contributed by atoms with Gasteiger partial charge >= 0.3 is 5.97 Å². The van der Waals surface area contributed by atoms with Gasteiger partial charge in [0.15, 0.2) is 0 Å². The van der Waals surface area contributed by atoms with Gasteiger partial charge in [0.25, 0.3) is 0 Å². The van der Waals surface area contributed by atoms with E-state index in [1.165, 1.54) is 11.8 Å². The molecule has 1 aliphatic carbocycles. The average molecular weight is 278 g/mol. The fourth-order valence-corrected chi connectivity index (χ4v) is 2.52. The number of nitrogens with one attached hydrogen (secondary N) is 1. The van der Waals surface area contributed by atoms with Gasteiger partial charge in [-0.1, -0.05) is 12.2 Å². The molecule has 2 unspecified atom stereocenters. The number of aliphatic carboxylic acids is 1. The zero-order chi connectivity index (χ0) is 13.7. The van der Waals surface area contributed by atoms with Crippen molar-refractivity contribution in [1.29, 1.82) is 0 Å². The molecule has 19 heavy (non-hydrogen) atoms. The van der Waals surface area contributed by atoms with E-state index in [0.717, 1.165) is 4.90 Å². The van der Waals surface area contributed by atoms with Gasteiger partial charge < -0.3 is 10.4 Å². The largest absolute Gasteiger partial charge is 0.481 e. The molecule has 0 spiro atoms. The minimum absolute atomic E-state index is 0.0949. The second-order valence-electron chi connectivity index (χ2n) is 4.21. The average Bonchev–Trinajstić information content (AvgIpc) is 2.86. The molecule has 0 radical (unpaired) electrons. The first kappa shape index (κ1) is 13.6. The second kappa shape index (κ2) is 6.38. The number of amides is 1. The number of carbonyl (C=O) groups excluding carboxylic acids is 1. The van der Waals surface area contributed by atoms with Gasteiger partial charge in [-0.2, -0.15) is 0 Å². The molecule has 1 aliphatic rings. The van der Waals surface area contributed by atoms with Crippen molar-refractivity contribution in [1.82, 2.24) is 10.3 Å². The molecule has 1 aromatic heterocycles. The number of carbonyl (C=O) groups is 2. The fraction of sp³-hybridized carbons (Fsp3) is 0.308. The smallest absolute Gasteiger partial charge is 0.310 e. The lowest BCUT2D eigenvalue weighted by molar-refractivity contribution is -0.140. The Hall–Kier alpha value is -1.82. The van der Waals surface area contributed by atoms with Crippen molar-refractivity contribution >= 4 is 23.6 Å². The zero-order valence-corrected chi connectivity index (χ0v) is 11.0. The number of pyridine rings is 1. The summed E-state index contributed by atoms with van der Waals surface area (Å²) in [5, 5.41) is 11.7. The van der Waals surface area contributed by atoms with Gasteiger partial charge in [-0.3, -0.25) is 14.6 Å². The number of aromatic nitrogens is 1. The number of hydrogen-bond donors (Lipinski definition) is 2. The Labute approximate surface area is 115 Å². The van der Waals surface area contributed by atoms with Gasteiger partial charge in [0, 0.05) is 23.3 Å². The molecular weight excluding hydrogens is 264 g/mol. The first-order valence-electron chi connectivity index (χ1n) is 5.88. The van der Waals surface area contributed by atoms with Crippen LogP contribution in [0.4, 0.5) is 0 Å². The molecule has 0 aliphatic heterocycles. The molecule has 6 heteroatoms. The van der Waals surface area contributed by atoms with Crippen molar-refractivity contribution in [3.8, 4) is 0 Å². The number of carboxylic acids is 1. The topological polar surface area (TPSA) is 79.3 Å². The molecule has 100 valence electrons. The molecule has 5 nitrogen and oxygen atoms in total. The Morgan fingerprint density at radius 2 is 2.11 bits per heavy atom. The Balaban J connectivity index is 1.74. The van der Waals surface area contributed by atoms with Crippen LogP contribution in [0.3, 0.4) is 0 Å². The monoisotopic (exact) mass is 278 g/mol. The van der Waals surface area contributed by atoms with Crippen LogP contribution in [0.15, 0.2) is 41.6 Å². The highest BCUT2D eigenvalue weighted by molar-refractivity contribution is 8.00.